The van der Waals surface area contributed by atoms with E-state index in [1.54, 1.807) is 0 Å². The fourth-order valence-corrected chi connectivity index (χ4v) is 4.22. The molecule has 26 heavy (non-hydrogen) atoms. The molecule has 0 amide bonds. The third-order valence-electron chi connectivity index (χ3n) is 5.62. The molecule has 1 unspecified atom stereocenters. The van der Waals surface area contributed by atoms with Gasteiger partial charge in [-0.25, -0.2) is 4.98 Å². The van der Waals surface area contributed by atoms with E-state index in [2.05, 4.69) is 9.80 Å². The monoisotopic (exact) mass is 360 g/mol. The fraction of sp³-hybridized carbons (Fsp3) is 0.750. The molecule has 2 saturated heterocycles. The van der Waals surface area contributed by atoms with Crippen LogP contribution in [0.1, 0.15) is 75.5 Å². The third-order valence-corrected chi connectivity index (χ3v) is 5.62. The lowest BCUT2D eigenvalue weighted by Crippen LogP contribution is -2.35. The van der Waals surface area contributed by atoms with Gasteiger partial charge in [-0.15, -0.1) is 0 Å². The van der Waals surface area contributed by atoms with Crippen molar-refractivity contribution in [2.75, 3.05) is 36.0 Å². The predicted octanol–water partition coefficient (Wildman–Crippen LogP) is 3.73. The first-order chi connectivity index (χ1) is 12.6. The molecule has 0 radical (unpaired) electrons. The molecule has 1 atom stereocenters. The predicted molar refractivity (Wildman–Crippen MR) is 104 cm³/mol. The molecule has 0 bridgehead atoms. The molecule has 2 fully saturated rings. The van der Waals surface area contributed by atoms with Crippen molar-refractivity contribution in [2.24, 2.45) is 0 Å². The lowest BCUT2D eigenvalue weighted by molar-refractivity contribution is -0.139. The van der Waals surface area contributed by atoms with E-state index in [-0.39, 0.29) is 0 Å². The van der Waals surface area contributed by atoms with E-state index in [4.69, 9.17) is 9.97 Å². The van der Waals surface area contributed by atoms with E-state index in [9.17, 15) is 9.90 Å². The van der Waals surface area contributed by atoms with Crippen molar-refractivity contribution in [3.63, 3.8) is 0 Å². The lowest BCUT2D eigenvalue weighted by Gasteiger charge is -2.33. The van der Waals surface area contributed by atoms with Gasteiger partial charge in [0.25, 0.3) is 0 Å². The Labute approximate surface area is 156 Å². The highest BCUT2D eigenvalue weighted by atomic mass is 16.4. The number of nitrogens with zero attached hydrogens (tertiary/aromatic N) is 4. The average molecular weight is 361 g/mol. The van der Waals surface area contributed by atoms with Gasteiger partial charge in [0, 0.05) is 37.4 Å². The second-order valence-electron chi connectivity index (χ2n) is 7.62. The minimum atomic E-state index is -0.762. The Kier molecular flexibility index (Phi) is 6.33. The molecule has 1 aromatic rings. The van der Waals surface area contributed by atoms with Gasteiger partial charge < -0.3 is 14.9 Å². The Morgan fingerprint density at radius 2 is 1.58 bits per heavy atom. The average Bonchev–Trinajstić information content (AvgIpc) is 2.67. The number of hydrogen-bond donors (Lipinski definition) is 1. The Hall–Kier alpha value is -1.85. The molecule has 6 nitrogen and oxygen atoms in total. The van der Waals surface area contributed by atoms with Crippen LogP contribution in [0.2, 0.25) is 0 Å². The van der Waals surface area contributed by atoms with Crippen molar-refractivity contribution in [1.29, 1.82) is 0 Å². The Morgan fingerprint density at radius 3 is 2.12 bits per heavy atom. The first-order valence-electron chi connectivity index (χ1n) is 10.2. The fourth-order valence-electron chi connectivity index (χ4n) is 4.22. The normalized spacial score (nSPS) is 19.5. The van der Waals surface area contributed by atoms with Gasteiger partial charge in [-0.05, 0) is 51.9 Å². The number of piperidine rings is 2. The van der Waals surface area contributed by atoms with Crippen LogP contribution in [0.15, 0.2) is 0 Å². The summed E-state index contributed by atoms with van der Waals surface area (Å²) in [4.78, 5) is 26.3. The van der Waals surface area contributed by atoms with Gasteiger partial charge in [-0.2, -0.15) is 4.98 Å². The van der Waals surface area contributed by atoms with E-state index in [1.165, 1.54) is 25.7 Å². The third kappa shape index (κ3) is 4.10. The summed E-state index contributed by atoms with van der Waals surface area (Å²) in [7, 11) is 0. The molecule has 1 aromatic heterocycles. The first-order valence-corrected chi connectivity index (χ1v) is 10.2. The Balaban J connectivity index is 2.04. The smallest absolute Gasteiger partial charge is 0.311 e. The molecule has 2 aliphatic rings. The molecule has 0 saturated carbocycles. The van der Waals surface area contributed by atoms with E-state index < -0.39 is 11.9 Å². The van der Waals surface area contributed by atoms with Crippen LogP contribution in [0, 0.1) is 6.92 Å². The van der Waals surface area contributed by atoms with Gasteiger partial charge in [0.15, 0.2) is 0 Å². The van der Waals surface area contributed by atoms with Gasteiger partial charge in [-0.1, -0.05) is 13.3 Å². The second kappa shape index (κ2) is 8.69. The van der Waals surface area contributed by atoms with Crippen LogP contribution in [0.4, 0.5) is 11.8 Å². The number of carboxylic acid groups (broad SMARTS) is 1. The topological polar surface area (TPSA) is 69.6 Å². The summed E-state index contributed by atoms with van der Waals surface area (Å²) in [5.74, 6) is 0.376. The number of carbonyl (C=O) groups is 1. The van der Waals surface area contributed by atoms with Gasteiger partial charge in [0.05, 0.1) is 5.92 Å². The number of aliphatic carboxylic acids is 1. The Morgan fingerprint density at radius 1 is 1.00 bits per heavy atom. The lowest BCUT2D eigenvalue weighted by atomic mass is 9.92. The summed E-state index contributed by atoms with van der Waals surface area (Å²) in [6.45, 7) is 7.91. The van der Waals surface area contributed by atoms with Crippen LogP contribution >= 0.6 is 0 Å². The molecule has 6 heteroatoms. The zero-order chi connectivity index (χ0) is 18.5. The van der Waals surface area contributed by atoms with Crippen LogP contribution in [-0.2, 0) is 4.79 Å². The Bertz CT molecular complexity index is 622. The molecular weight excluding hydrogens is 328 g/mol. The van der Waals surface area contributed by atoms with Crippen molar-refractivity contribution >= 4 is 17.7 Å². The van der Waals surface area contributed by atoms with Crippen LogP contribution < -0.4 is 9.80 Å². The SMILES string of the molecule is CCCC(C(=O)O)c1c(C)nc(N2CCCCC2)nc1N1CCCCC1. The van der Waals surface area contributed by atoms with Crippen molar-refractivity contribution in [3.8, 4) is 0 Å². The summed E-state index contributed by atoms with van der Waals surface area (Å²) in [6.07, 6.45) is 8.62. The molecule has 3 rings (SSSR count). The highest BCUT2D eigenvalue weighted by molar-refractivity contribution is 5.79. The quantitative estimate of drug-likeness (QED) is 0.833. The summed E-state index contributed by atoms with van der Waals surface area (Å²) in [6, 6.07) is 0. The molecule has 1 N–H and O–H groups in total. The van der Waals surface area contributed by atoms with Gasteiger partial charge >= 0.3 is 5.97 Å². The zero-order valence-corrected chi connectivity index (χ0v) is 16.2. The maximum atomic E-state index is 12.0. The van der Waals surface area contributed by atoms with Crippen LogP contribution in [0.25, 0.3) is 0 Å². The van der Waals surface area contributed by atoms with Crippen molar-refractivity contribution < 1.29 is 9.90 Å². The van der Waals surface area contributed by atoms with E-state index in [0.717, 1.165) is 68.5 Å². The summed E-state index contributed by atoms with van der Waals surface area (Å²) in [5.41, 5.74) is 1.67. The summed E-state index contributed by atoms with van der Waals surface area (Å²) in [5, 5.41) is 9.84. The molecule has 0 aliphatic carbocycles. The van der Waals surface area contributed by atoms with Crippen molar-refractivity contribution in [3.05, 3.63) is 11.3 Å². The highest BCUT2D eigenvalue weighted by Gasteiger charge is 2.30. The molecular formula is C20H32N4O2. The minimum Gasteiger partial charge on any atom is -0.481 e. The molecule has 0 aromatic carbocycles. The number of aromatic nitrogens is 2. The second-order valence-corrected chi connectivity index (χ2v) is 7.62. The van der Waals surface area contributed by atoms with E-state index >= 15 is 0 Å². The first kappa shape index (κ1) is 18.9. The number of carboxylic acids is 1. The standard InChI is InChI=1S/C20H32N4O2/c1-3-10-16(19(25)26)17-15(2)21-20(24-13-8-5-9-14-24)22-18(17)23-11-6-4-7-12-23/h16H,3-14H2,1-2H3,(H,25,26). The summed E-state index contributed by atoms with van der Waals surface area (Å²) >= 11 is 0. The van der Waals surface area contributed by atoms with E-state index in [0.29, 0.717) is 6.42 Å². The molecule has 0 spiro atoms. The number of rotatable bonds is 6. The van der Waals surface area contributed by atoms with Crippen LogP contribution in [-0.4, -0.2) is 47.2 Å². The van der Waals surface area contributed by atoms with Crippen molar-refractivity contribution in [1.82, 2.24) is 9.97 Å². The number of anilines is 2. The van der Waals surface area contributed by atoms with Gasteiger partial charge in [0.1, 0.15) is 5.82 Å². The zero-order valence-electron chi connectivity index (χ0n) is 16.2. The van der Waals surface area contributed by atoms with Gasteiger partial charge in [-0.3, -0.25) is 4.79 Å². The number of aryl methyl sites for hydroxylation is 1. The maximum Gasteiger partial charge on any atom is 0.311 e. The van der Waals surface area contributed by atoms with Gasteiger partial charge in [0.2, 0.25) is 5.95 Å². The molecule has 3 heterocycles. The molecule has 144 valence electrons. The highest BCUT2D eigenvalue weighted by Crippen LogP contribution is 2.35. The van der Waals surface area contributed by atoms with Crippen LogP contribution in [0.3, 0.4) is 0 Å². The maximum absolute atomic E-state index is 12.0. The van der Waals surface area contributed by atoms with E-state index in [1.807, 2.05) is 13.8 Å². The minimum absolute atomic E-state index is 0.521. The van der Waals surface area contributed by atoms with Crippen molar-refractivity contribution in [2.45, 2.75) is 71.1 Å². The summed E-state index contributed by atoms with van der Waals surface area (Å²) < 4.78 is 0. The van der Waals surface area contributed by atoms with Crippen LogP contribution in [0.5, 0.6) is 0 Å². The largest absolute Gasteiger partial charge is 0.481 e. The molecule has 2 aliphatic heterocycles. The number of hydrogen-bond acceptors (Lipinski definition) is 5.